The van der Waals surface area contributed by atoms with Crippen LogP contribution in [0.4, 0.5) is 0 Å². The summed E-state index contributed by atoms with van der Waals surface area (Å²) in [6.45, 7) is 2.01. The Morgan fingerprint density at radius 2 is 1.81 bits per heavy atom. The molecule has 4 rings (SSSR count). The van der Waals surface area contributed by atoms with Crippen LogP contribution in [0.15, 0.2) is 24.3 Å². The Balaban J connectivity index is 2.02. The number of methoxy groups -OCH3 is 1. The molecule has 0 aliphatic heterocycles. The van der Waals surface area contributed by atoms with E-state index >= 15 is 0 Å². The van der Waals surface area contributed by atoms with E-state index in [-0.39, 0.29) is 45.5 Å². The third-order valence-corrected chi connectivity index (χ3v) is 5.40. The zero-order valence-corrected chi connectivity index (χ0v) is 14.6. The van der Waals surface area contributed by atoms with Gasteiger partial charge in [0.25, 0.3) is 0 Å². The van der Waals surface area contributed by atoms with Gasteiger partial charge in [-0.15, -0.1) is 0 Å². The van der Waals surface area contributed by atoms with Gasteiger partial charge in [-0.1, -0.05) is 25.5 Å². The van der Waals surface area contributed by atoms with Gasteiger partial charge >= 0.3 is 0 Å². The number of ether oxygens (including phenoxy) is 1. The average Bonchev–Trinajstić information content (AvgIpc) is 2.64. The number of phenols is 1. The van der Waals surface area contributed by atoms with Crippen LogP contribution in [0.2, 0.25) is 0 Å². The summed E-state index contributed by atoms with van der Waals surface area (Å²) in [4.78, 5) is 39.0. The van der Waals surface area contributed by atoms with Crippen molar-refractivity contribution in [3.05, 3.63) is 57.6 Å². The molecular weight excluding hydrogens is 332 g/mol. The van der Waals surface area contributed by atoms with E-state index in [0.717, 1.165) is 6.42 Å². The molecule has 5 heteroatoms. The summed E-state index contributed by atoms with van der Waals surface area (Å²) in [6.07, 6.45) is 1.81. The van der Waals surface area contributed by atoms with Crippen LogP contribution in [0.1, 0.15) is 67.5 Å². The molecular formula is C21H18O5. The highest BCUT2D eigenvalue weighted by molar-refractivity contribution is 6.32. The van der Waals surface area contributed by atoms with Gasteiger partial charge in [0.2, 0.25) is 5.78 Å². The molecule has 0 radical (unpaired) electrons. The quantitative estimate of drug-likeness (QED) is 0.767. The Kier molecular flexibility index (Phi) is 3.68. The fraction of sp³-hybridized carbons (Fsp3) is 0.286. The standard InChI is InChI=1S/C21H18O5/c1-3-10-7-11-9-14(23)18-19(16(11)13(22)8-10)20(24)12-5-4-6-15(26-2)17(12)21(18)25/h4-6,9-10,23H,3,7-8H2,1-2H3. The summed E-state index contributed by atoms with van der Waals surface area (Å²) >= 11 is 0. The maximum Gasteiger partial charge on any atom is 0.202 e. The smallest absolute Gasteiger partial charge is 0.202 e. The molecule has 5 nitrogen and oxygen atoms in total. The number of carbonyl (C=O) groups is 3. The molecule has 0 bridgehead atoms. The van der Waals surface area contributed by atoms with E-state index in [9.17, 15) is 19.5 Å². The van der Waals surface area contributed by atoms with Gasteiger partial charge in [0.15, 0.2) is 11.6 Å². The van der Waals surface area contributed by atoms with Gasteiger partial charge in [-0.05, 0) is 30.0 Å². The molecule has 0 saturated carbocycles. The first kappa shape index (κ1) is 16.5. The van der Waals surface area contributed by atoms with E-state index < -0.39 is 11.6 Å². The summed E-state index contributed by atoms with van der Waals surface area (Å²) < 4.78 is 5.23. The van der Waals surface area contributed by atoms with Gasteiger partial charge in [-0.2, -0.15) is 0 Å². The molecule has 0 fully saturated rings. The topological polar surface area (TPSA) is 80.7 Å². The van der Waals surface area contributed by atoms with E-state index in [2.05, 4.69) is 0 Å². The Hall–Kier alpha value is -2.95. The highest BCUT2D eigenvalue weighted by Gasteiger charge is 2.40. The lowest BCUT2D eigenvalue weighted by atomic mass is 9.73. The molecule has 132 valence electrons. The Bertz CT molecular complexity index is 986. The maximum absolute atomic E-state index is 13.2. The number of aromatic hydroxyl groups is 1. The Morgan fingerprint density at radius 1 is 1.04 bits per heavy atom. The molecule has 1 N–H and O–H groups in total. The van der Waals surface area contributed by atoms with E-state index in [0.29, 0.717) is 24.0 Å². The summed E-state index contributed by atoms with van der Waals surface area (Å²) in [5.74, 6) is -0.822. The lowest BCUT2D eigenvalue weighted by Crippen LogP contribution is -2.29. The molecule has 0 heterocycles. The fourth-order valence-corrected chi connectivity index (χ4v) is 4.08. The molecule has 0 saturated heterocycles. The summed E-state index contributed by atoms with van der Waals surface area (Å²) in [5, 5.41) is 10.5. The average molecular weight is 350 g/mol. The van der Waals surface area contributed by atoms with Gasteiger partial charge in [0.1, 0.15) is 11.5 Å². The lowest BCUT2D eigenvalue weighted by molar-refractivity contribution is 0.0930. The van der Waals surface area contributed by atoms with Crippen molar-refractivity contribution in [1.82, 2.24) is 0 Å². The molecule has 1 atom stereocenters. The number of hydrogen-bond acceptors (Lipinski definition) is 5. The van der Waals surface area contributed by atoms with Crippen LogP contribution < -0.4 is 4.74 Å². The van der Waals surface area contributed by atoms with E-state index in [1.807, 2.05) is 6.92 Å². The van der Waals surface area contributed by atoms with Crippen LogP contribution in [0.25, 0.3) is 0 Å². The van der Waals surface area contributed by atoms with Crippen molar-refractivity contribution in [2.75, 3.05) is 7.11 Å². The predicted octanol–water partition coefficient (Wildman–Crippen LogP) is 3.33. The van der Waals surface area contributed by atoms with Crippen molar-refractivity contribution in [2.45, 2.75) is 26.2 Å². The molecule has 0 aromatic heterocycles. The number of phenolic OH excluding ortho intramolecular Hbond substituents is 1. The molecule has 26 heavy (non-hydrogen) atoms. The molecule has 0 spiro atoms. The van der Waals surface area contributed by atoms with Gasteiger partial charge in [0, 0.05) is 23.1 Å². The first-order valence-corrected chi connectivity index (χ1v) is 8.66. The van der Waals surface area contributed by atoms with Crippen molar-refractivity contribution < 1.29 is 24.2 Å². The lowest BCUT2D eigenvalue weighted by Gasteiger charge is -2.28. The zero-order chi connectivity index (χ0) is 18.6. The highest BCUT2D eigenvalue weighted by atomic mass is 16.5. The van der Waals surface area contributed by atoms with Gasteiger partial charge in [-0.3, -0.25) is 14.4 Å². The maximum atomic E-state index is 13.2. The van der Waals surface area contributed by atoms with Crippen LogP contribution >= 0.6 is 0 Å². The SMILES string of the molecule is CCC1CC(=O)c2c(cc(O)c3c2C(=O)c2cccc(OC)c2C3=O)C1. The molecule has 2 aromatic carbocycles. The fourth-order valence-electron chi connectivity index (χ4n) is 4.08. The molecule has 2 aliphatic carbocycles. The Labute approximate surface area is 150 Å². The number of Topliss-reactive ketones (excluding diaryl/α,β-unsaturated/α-hetero) is 1. The first-order valence-electron chi connectivity index (χ1n) is 8.66. The van der Waals surface area contributed by atoms with Crippen molar-refractivity contribution >= 4 is 17.3 Å². The third-order valence-electron chi connectivity index (χ3n) is 5.40. The number of hydrogen-bond donors (Lipinski definition) is 1. The minimum atomic E-state index is -0.488. The number of fused-ring (bicyclic) bond motifs is 4. The van der Waals surface area contributed by atoms with E-state index in [1.165, 1.54) is 13.2 Å². The highest BCUT2D eigenvalue weighted by Crippen LogP contribution is 2.42. The summed E-state index contributed by atoms with van der Waals surface area (Å²) in [5.41, 5.74) is 1.25. The number of benzene rings is 2. The zero-order valence-electron chi connectivity index (χ0n) is 14.6. The van der Waals surface area contributed by atoms with Gasteiger partial charge < -0.3 is 9.84 Å². The van der Waals surface area contributed by atoms with E-state index in [1.54, 1.807) is 18.2 Å². The van der Waals surface area contributed by atoms with Crippen molar-refractivity contribution in [3.63, 3.8) is 0 Å². The van der Waals surface area contributed by atoms with E-state index in [4.69, 9.17) is 4.74 Å². The summed E-state index contributed by atoms with van der Waals surface area (Å²) in [6, 6.07) is 6.26. The monoisotopic (exact) mass is 350 g/mol. The first-order chi connectivity index (χ1) is 12.5. The van der Waals surface area contributed by atoms with Crippen molar-refractivity contribution in [2.24, 2.45) is 5.92 Å². The van der Waals surface area contributed by atoms with Crippen LogP contribution in [-0.4, -0.2) is 29.6 Å². The number of rotatable bonds is 2. The second-order valence-corrected chi connectivity index (χ2v) is 6.83. The second kappa shape index (κ2) is 5.80. The Morgan fingerprint density at radius 3 is 2.50 bits per heavy atom. The largest absolute Gasteiger partial charge is 0.507 e. The normalized spacial score (nSPS) is 18.2. The van der Waals surface area contributed by atoms with Crippen molar-refractivity contribution in [3.8, 4) is 11.5 Å². The number of carbonyl (C=O) groups excluding carboxylic acids is 3. The number of ketones is 3. The molecule has 0 amide bonds. The van der Waals surface area contributed by atoms with Gasteiger partial charge in [-0.25, -0.2) is 0 Å². The molecule has 1 unspecified atom stereocenters. The second-order valence-electron chi connectivity index (χ2n) is 6.83. The van der Waals surface area contributed by atoms with Crippen LogP contribution in [-0.2, 0) is 6.42 Å². The molecule has 2 aromatic rings. The predicted molar refractivity (Wildman–Crippen MR) is 94.4 cm³/mol. The van der Waals surface area contributed by atoms with Crippen LogP contribution in [0.5, 0.6) is 11.5 Å². The summed E-state index contributed by atoms with van der Waals surface area (Å²) in [7, 11) is 1.42. The van der Waals surface area contributed by atoms with Gasteiger partial charge in [0.05, 0.1) is 18.2 Å². The van der Waals surface area contributed by atoms with Crippen LogP contribution in [0, 0.1) is 5.92 Å². The minimum absolute atomic E-state index is 0.0466. The minimum Gasteiger partial charge on any atom is -0.507 e. The van der Waals surface area contributed by atoms with Crippen molar-refractivity contribution in [1.29, 1.82) is 0 Å². The molecule has 2 aliphatic rings. The van der Waals surface area contributed by atoms with Crippen LogP contribution in [0.3, 0.4) is 0 Å². The third kappa shape index (κ3) is 2.13.